The molecule has 2 heterocycles. The smallest absolute Gasteiger partial charge is 0.121 e. The Morgan fingerprint density at radius 1 is 1.50 bits per heavy atom. The molecular formula is C12H14N2O2. The molecule has 84 valence electrons. The van der Waals surface area contributed by atoms with Gasteiger partial charge in [0.15, 0.2) is 0 Å². The second-order valence-electron chi connectivity index (χ2n) is 4.18. The minimum Gasteiger partial charge on any atom is -0.497 e. The zero-order valence-electron chi connectivity index (χ0n) is 9.18. The molecule has 0 radical (unpaired) electrons. The van der Waals surface area contributed by atoms with Crippen LogP contribution >= 0.6 is 0 Å². The molecule has 4 heteroatoms. The van der Waals surface area contributed by atoms with E-state index in [0.29, 0.717) is 6.42 Å². The van der Waals surface area contributed by atoms with E-state index in [0.717, 1.165) is 35.6 Å². The van der Waals surface area contributed by atoms with Gasteiger partial charge in [-0.3, -0.25) is 0 Å². The van der Waals surface area contributed by atoms with Crippen molar-refractivity contribution >= 4 is 11.0 Å². The molecule has 0 saturated carbocycles. The molecule has 0 aliphatic carbocycles. The predicted octanol–water partition coefficient (Wildman–Crippen LogP) is 1.35. The number of fused-ring (bicyclic) bond motifs is 3. The largest absolute Gasteiger partial charge is 0.497 e. The molecule has 1 aliphatic rings. The monoisotopic (exact) mass is 218 g/mol. The molecular weight excluding hydrogens is 204 g/mol. The number of hydrogen-bond acceptors (Lipinski definition) is 3. The first kappa shape index (κ1) is 9.66. The van der Waals surface area contributed by atoms with Crippen molar-refractivity contribution in [1.29, 1.82) is 0 Å². The van der Waals surface area contributed by atoms with E-state index in [2.05, 4.69) is 9.55 Å². The van der Waals surface area contributed by atoms with Crippen molar-refractivity contribution in [2.75, 3.05) is 7.11 Å². The van der Waals surface area contributed by atoms with Gasteiger partial charge in [0.2, 0.25) is 0 Å². The van der Waals surface area contributed by atoms with Gasteiger partial charge in [-0.2, -0.15) is 0 Å². The van der Waals surface area contributed by atoms with Crippen molar-refractivity contribution in [1.82, 2.24) is 9.55 Å². The molecule has 0 bridgehead atoms. The number of rotatable bonds is 1. The SMILES string of the molecule is COc1ccc2c(c1)nc1n2CCC(O)C1. The summed E-state index contributed by atoms with van der Waals surface area (Å²) in [7, 11) is 1.65. The molecule has 3 rings (SSSR count). The Morgan fingerprint density at radius 2 is 2.38 bits per heavy atom. The van der Waals surface area contributed by atoms with Gasteiger partial charge in [-0.05, 0) is 18.6 Å². The Hall–Kier alpha value is -1.55. The maximum atomic E-state index is 9.60. The van der Waals surface area contributed by atoms with Crippen molar-refractivity contribution in [2.24, 2.45) is 0 Å². The van der Waals surface area contributed by atoms with E-state index >= 15 is 0 Å². The number of aryl methyl sites for hydroxylation is 1. The van der Waals surface area contributed by atoms with Crippen LogP contribution in [0.4, 0.5) is 0 Å². The van der Waals surface area contributed by atoms with Crippen molar-refractivity contribution in [3.8, 4) is 5.75 Å². The van der Waals surface area contributed by atoms with Gasteiger partial charge in [-0.15, -0.1) is 0 Å². The Kier molecular flexibility index (Phi) is 2.11. The van der Waals surface area contributed by atoms with Gasteiger partial charge in [-0.1, -0.05) is 0 Å². The number of hydrogen-bond donors (Lipinski definition) is 1. The number of ether oxygens (including phenoxy) is 1. The summed E-state index contributed by atoms with van der Waals surface area (Å²) in [6, 6.07) is 5.91. The average Bonchev–Trinajstić information content (AvgIpc) is 2.64. The molecule has 0 spiro atoms. The van der Waals surface area contributed by atoms with Crippen LogP contribution in [0.1, 0.15) is 12.2 Å². The fourth-order valence-electron chi connectivity index (χ4n) is 2.28. The van der Waals surface area contributed by atoms with Crippen LogP contribution in [0.5, 0.6) is 5.75 Å². The van der Waals surface area contributed by atoms with Gasteiger partial charge in [0.25, 0.3) is 0 Å². The van der Waals surface area contributed by atoms with Crippen LogP contribution in [0.2, 0.25) is 0 Å². The minimum absolute atomic E-state index is 0.244. The van der Waals surface area contributed by atoms with Gasteiger partial charge in [-0.25, -0.2) is 4.98 Å². The van der Waals surface area contributed by atoms with E-state index in [1.54, 1.807) is 7.11 Å². The highest BCUT2D eigenvalue weighted by molar-refractivity contribution is 5.78. The van der Waals surface area contributed by atoms with Crippen molar-refractivity contribution in [2.45, 2.75) is 25.5 Å². The molecule has 0 saturated heterocycles. The van der Waals surface area contributed by atoms with Gasteiger partial charge in [0, 0.05) is 19.0 Å². The lowest BCUT2D eigenvalue weighted by molar-refractivity contribution is 0.142. The minimum atomic E-state index is -0.244. The number of nitrogens with zero attached hydrogens (tertiary/aromatic N) is 2. The molecule has 4 nitrogen and oxygen atoms in total. The van der Waals surface area contributed by atoms with E-state index in [-0.39, 0.29) is 6.10 Å². The highest BCUT2D eigenvalue weighted by Gasteiger charge is 2.20. The molecule has 1 unspecified atom stereocenters. The fraction of sp³-hybridized carbons (Fsp3) is 0.417. The molecule has 2 aromatic rings. The number of imidazole rings is 1. The third-order valence-corrected chi connectivity index (χ3v) is 3.14. The lowest BCUT2D eigenvalue weighted by Gasteiger charge is -2.19. The van der Waals surface area contributed by atoms with E-state index in [9.17, 15) is 5.11 Å². The van der Waals surface area contributed by atoms with Crippen molar-refractivity contribution in [3.05, 3.63) is 24.0 Å². The Morgan fingerprint density at radius 3 is 3.19 bits per heavy atom. The number of methoxy groups -OCH3 is 1. The first-order valence-corrected chi connectivity index (χ1v) is 5.49. The fourth-order valence-corrected chi connectivity index (χ4v) is 2.28. The summed E-state index contributed by atoms with van der Waals surface area (Å²) in [4.78, 5) is 4.54. The summed E-state index contributed by atoms with van der Waals surface area (Å²) < 4.78 is 7.36. The average molecular weight is 218 g/mol. The van der Waals surface area contributed by atoms with E-state index in [1.807, 2.05) is 18.2 Å². The van der Waals surface area contributed by atoms with E-state index in [1.165, 1.54) is 0 Å². The summed E-state index contributed by atoms with van der Waals surface area (Å²) in [5.41, 5.74) is 2.08. The van der Waals surface area contributed by atoms with Crippen molar-refractivity contribution in [3.63, 3.8) is 0 Å². The van der Waals surface area contributed by atoms with Crippen LogP contribution in [-0.2, 0) is 13.0 Å². The maximum Gasteiger partial charge on any atom is 0.121 e. The van der Waals surface area contributed by atoms with Crippen LogP contribution in [0, 0.1) is 0 Å². The Labute approximate surface area is 93.5 Å². The second kappa shape index (κ2) is 3.49. The van der Waals surface area contributed by atoms with Crippen LogP contribution in [-0.4, -0.2) is 27.9 Å². The predicted molar refractivity (Wildman–Crippen MR) is 60.6 cm³/mol. The zero-order chi connectivity index (χ0) is 11.1. The third-order valence-electron chi connectivity index (χ3n) is 3.14. The molecule has 1 aromatic carbocycles. The van der Waals surface area contributed by atoms with Gasteiger partial charge >= 0.3 is 0 Å². The zero-order valence-corrected chi connectivity index (χ0v) is 9.18. The topological polar surface area (TPSA) is 47.3 Å². The van der Waals surface area contributed by atoms with Crippen LogP contribution in [0.25, 0.3) is 11.0 Å². The van der Waals surface area contributed by atoms with Gasteiger partial charge in [0.1, 0.15) is 11.6 Å². The van der Waals surface area contributed by atoms with E-state index < -0.39 is 0 Å². The summed E-state index contributed by atoms with van der Waals surface area (Å²) in [6.45, 7) is 0.847. The van der Waals surface area contributed by atoms with Crippen LogP contribution in [0.3, 0.4) is 0 Å². The van der Waals surface area contributed by atoms with Crippen molar-refractivity contribution < 1.29 is 9.84 Å². The number of benzene rings is 1. The summed E-state index contributed by atoms with van der Waals surface area (Å²) >= 11 is 0. The lowest BCUT2D eigenvalue weighted by Crippen LogP contribution is -2.23. The van der Waals surface area contributed by atoms with E-state index in [4.69, 9.17) is 4.74 Å². The highest BCUT2D eigenvalue weighted by Crippen LogP contribution is 2.25. The molecule has 1 aromatic heterocycles. The normalized spacial score (nSPS) is 19.8. The Balaban J connectivity index is 2.16. The van der Waals surface area contributed by atoms with Crippen LogP contribution in [0.15, 0.2) is 18.2 Å². The quantitative estimate of drug-likeness (QED) is 0.786. The standard InChI is InChI=1S/C12H14N2O2/c1-16-9-2-3-11-10(7-9)13-12-6-8(15)4-5-14(11)12/h2-3,7-8,15H,4-6H2,1H3. The maximum absolute atomic E-state index is 9.60. The molecule has 1 N–H and O–H groups in total. The van der Waals surface area contributed by atoms with Gasteiger partial charge in [0.05, 0.1) is 24.2 Å². The molecule has 0 fully saturated rings. The highest BCUT2D eigenvalue weighted by atomic mass is 16.5. The number of aliphatic hydroxyl groups excluding tert-OH is 1. The summed E-state index contributed by atoms with van der Waals surface area (Å²) in [5.74, 6) is 1.80. The molecule has 1 aliphatic heterocycles. The molecule has 0 amide bonds. The third kappa shape index (κ3) is 1.38. The Bertz CT molecular complexity index is 533. The molecule has 1 atom stereocenters. The van der Waals surface area contributed by atoms with Gasteiger partial charge < -0.3 is 14.4 Å². The van der Waals surface area contributed by atoms with Crippen LogP contribution < -0.4 is 4.74 Å². The summed E-state index contributed by atoms with van der Waals surface area (Å²) in [6.07, 6.45) is 1.22. The number of aromatic nitrogens is 2. The molecule has 16 heavy (non-hydrogen) atoms. The lowest BCUT2D eigenvalue weighted by atomic mass is 10.1. The first-order chi connectivity index (χ1) is 7.78. The second-order valence-corrected chi connectivity index (χ2v) is 4.18. The summed E-state index contributed by atoms with van der Waals surface area (Å²) in [5, 5.41) is 9.60. The number of aliphatic hydroxyl groups is 1. The first-order valence-electron chi connectivity index (χ1n) is 5.49.